The fraction of sp³-hybridized carbons (Fsp3) is 0.462. The quantitative estimate of drug-likeness (QED) is 0.753. The molecule has 0 saturated carbocycles. The summed E-state index contributed by atoms with van der Waals surface area (Å²) in [7, 11) is 1.84. The maximum absolute atomic E-state index is 12.0. The Morgan fingerprint density at radius 1 is 1.45 bits per heavy atom. The van der Waals surface area contributed by atoms with Gasteiger partial charge in [0.2, 0.25) is 5.91 Å². The highest BCUT2D eigenvalue weighted by Crippen LogP contribution is 1.96. The van der Waals surface area contributed by atoms with Crippen LogP contribution in [0.3, 0.4) is 0 Å². The lowest BCUT2D eigenvalue weighted by Crippen LogP contribution is -2.37. The van der Waals surface area contributed by atoms with Gasteiger partial charge in [-0.15, -0.1) is 5.10 Å². The van der Waals surface area contributed by atoms with Crippen molar-refractivity contribution in [2.24, 2.45) is 0 Å². The SMILES string of the molecule is CNC(C)CNC(=O)CCn1nc2ccccn2c1=O. The van der Waals surface area contributed by atoms with Crippen molar-refractivity contribution >= 4 is 11.6 Å². The summed E-state index contributed by atoms with van der Waals surface area (Å²) in [5.74, 6) is -0.0870. The summed E-state index contributed by atoms with van der Waals surface area (Å²) < 4.78 is 2.78. The second-order valence-corrected chi connectivity index (χ2v) is 4.68. The molecule has 0 aliphatic carbocycles. The van der Waals surface area contributed by atoms with Crippen molar-refractivity contribution < 1.29 is 4.79 Å². The summed E-state index contributed by atoms with van der Waals surface area (Å²) in [6.45, 7) is 2.82. The van der Waals surface area contributed by atoms with E-state index >= 15 is 0 Å². The van der Waals surface area contributed by atoms with E-state index in [0.717, 1.165) is 0 Å². The predicted octanol–water partition coefficient (Wildman–Crippen LogP) is -0.390. The number of pyridine rings is 1. The molecule has 0 spiro atoms. The fourth-order valence-corrected chi connectivity index (χ4v) is 1.78. The van der Waals surface area contributed by atoms with Crippen LogP contribution in [0.4, 0.5) is 0 Å². The van der Waals surface area contributed by atoms with Gasteiger partial charge in [-0.3, -0.25) is 9.20 Å². The standard InChI is InChI=1S/C13H19N5O2/c1-10(14-2)9-15-12(19)6-8-18-13(20)17-7-4-3-5-11(17)16-18/h3-5,7,10,14H,6,8-9H2,1-2H3,(H,15,19). The lowest BCUT2D eigenvalue weighted by atomic mass is 10.3. The van der Waals surface area contributed by atoms with Crippen LogP contribution in [0.1, 0.15) is 13.3 Å². The first-order chi connectivity index (χ1) is 9.61. The number of fused-ring (bicyclic) bond motifs is 1. The van der Waals surface area contributed by atoms with Gasteiger partial charge in [0, 0.05) is 25.2 Å². The van der Waals surface area contributed by atoms with Gasteiger partial charge in [0.15, 0.2) is 5.65 Å². The van der Waals surface area contributed by atoms with Crippen LogP contribution >= 0.6 is 0 Å². The van der Waals surface area contributed by atoms with Crippen LogP contribution in [0, 0.1) is 0 Å². The number of nitrogens with one attached hydrogen (secondary N) is 2. The van der Waals surface area contributed by atoms with E-state index < -0.39 is 0 Å². The molecule has 0 aliphatic rings. The van der Waals surface area contributed by atoms with Crippen LogP contribution in [0.25, 0.3) is 5.65 Å². The highest BCUT2D eigenvalue weighted by Gasteiger charge is 2.08. The van der Waals surface area contributed by atoms with Crippen molar-refractivity contribution in [3.05, 3.63) is 34.9 Å². The van der Waals surface area contributed by atoms with E-state index in [4.69, 9.17) is 0 Å². The molecular formula is C13H19N5O2. The molecule has 0 radical (unpaired) electrons. The number of aromatic nitrogens is 3. The molecule has 2 rings (SSSR count). The van der Waals surface area contributed by atoms with E-state index in [9.17, 15) is 9.59 Å². The Hall–Kier alpha value is -2.15. The highest BCUT2D eigenvalue weighted by molar-refractivity contribution is 5.75. The third-order valence-electron chi connectivity index (χ3n) is 3.14. The van der Waals surface area contributed by atoms with Crippen LogP contribution in [0.2, 0.25) is 0 Å². The molecule has 1 atom stereocenters. The molecule has 0 aromatic carbocycles. The smallest absolute Gasteiger partial charge is 0.350 e. The Bertz CT molecular complexity index is 645. The molecule has 2 aromatic rings. The molecule has 0 aliphatic heterocycles. The number of aryl methyl sites for hydroxylation is 1. The first kappa shape index (κ1) is 14.3. The zero-order valence-electron chi connectivity index (χ0n) is 11.7. The second-order valence-electron chi connectivity index (χ2n) is 4.68. The van der Waals surface area contributed by atoms with Gasteiger partial charge in [-0.25, -0.2) is 9.48 Å². The monoisotopic (exact) mass is 277 g/mol. The van der Waals surface area contributed by atoms with Crippen LogP contribution in [-0.4, -0.2) is 39.7 Å². The zero-order valence-corrected chi connectivity index (χ0v) is 11.7. The second kappa shape index (κ2) is 6.33. The fourth-order valence-electron chi connectivity index (χ4n) is 1.78. The van der Waals surface area contributed by atoms with Gasteiger partial charge in [0.25, 0.3) is 0 Å². The summed E-state index contributed by atoms with van der Waals surface area (Å²) in [6, 6.07) is 5.56. The summed E-state index contributed by atoms with van der Waals surface area (Å²) in [5.41, 5.74) is 0.360. The first-order valence-electron chi connectivity index (χ1n) is 6.60. The van der Waals surface area contributed by atoms with E-state index in [-0.39, 0.29) is 30.6 Å². The number of likely N-dealkylation sites (N-methyl/N-ethyl adjacent to an activating group) is 1. The molecule has 7 nitrogen and oxygen atoms in total. The molecule has 1 unspecified atom stereocenters. The van der Waals surface area contributed by atoms with E-state index in [1.165, 1.54) is 9.08 Å². The summed E-state index contributed by atoms with van der Waals surface area (Å²) in [4.78, 5) is 23.6. The van der Waals surface area contributed by atoms with Gasteiger partial charge in [-0.05, 0) is 26.1 Å². The van der Waals surface area contributed by atoms with Gasteiger partial charge in [-0.2, -0.15) is 0 Å². The lowest BCUT2D eigenvalue weighted by Gasteiger charge is -2.10. The lowest BCUT2D eigenvalue weighted by molar-refractivity contribution is -0.121. The highest BCUT2D eigenvalue weighted by atomic mass is 16.2. The van der Waals surface area contributed by atoms with Gasteiger partial charge < -0.3 is 10.6 Å². The Kier molecular flexibility index (Phi) is 4.52. The molecule has 1 amide bonds. The van der Waals surface area contributed by atoms with Crippen LogP contribution in [0.5, 0.6) is 0 Å². The maximum atomic E-state index is 12.0. The van der Waals surface area contributed by atoms with Gasteiger partial charge in [0.05, 0.1) is 6.54 Å². The van der Waals surface area contributed by atoms with E-state index in [0.29, 0.717) is 12.2 Å². The van der Waals surface area contributed by atoms with Gasteiger partial charge >= 0.3 is 5.69 Å². The third kappa shape index (κ3) is 3.24. The van der Waals surface area contributed by atoms with Crippen LogP contribution in [0.15, 0.2) is 29.2 Å². The van der Waals surface area contributed by atoms with Crippen molar-refractivity contribution in [3.63, 3.8) is 0 Å². The van der Waals surface area contributed by atoms with Gasteiger partial charge in [-0.1, -0.05) is 6.07 Å². The first-order valence-corrected chi connectivity index (χ1v) is 6.60. The van der Waals surface area contributed by atoms with Crippen molar-refractivity contribution in [1.82, 2.24) is 24.8 Å². The number of rotatable bonds is 6. The van der Waals surface area contributed by atoms with Crippen LogP contribution in [-0.2, 0) is 11.3 Å². The molecule has 2 aromatic heterocycles. The van der Waals surface area contributed by atoms with Crippen molar-refractivity contribution in [2.45, 2.75) is 25.9 Å². The van der Waals surface area contributed by atoms with E-state index in [1.807, 2.05) is 20.0 Å². The Morgan fingerprint density at radius 2 is 2.25 bits per heavy atom. The number of nitrogens with zero attached hydrogens (tertiary/aromatic N) is 3. The van der Waals surface area contributed by atoms with Crippen molar-refractivity contribution in [1.29, 1.82) is 0 Å². The largest absolute Gasteiger partial charge is 0.354 e. The molecule has 0 fully saturated rings. The summed E-state index contributed by atoms with van der Waals surface area (Å²) >= 11 is 0. The maximum Gasteiger partial charge on any atom is 0.350 e. The van der Waals surface area contributed by atoms with Crippen molar-refractivity contribution in [2.75, 3.05) is 13.6 Å². The molecule has 7 heteroatoms. The van der Waals surface area contributed by atoms with E-state index in [1.54, 1.807) is 18.3 Å². The number of hydrogen-bond acceptors (Lipinski definition) is 4. The summed E-state index contributed by atoms with van der Waals surface area (Å²) in [5, 5.41) is 10.0. The Labute approximate surface area is 116 Å². The third-order valence-corrected chi connectivity index (χ3v) is 3.14. The zero-order chi connectivity index (χ0) is 14.5. The van der Waals surface area contributed by atoms with Crippen molar-refractivity contribution in [3.8, 4) is 0 Å². The Balaban J connectivity index is 1.94. The Morgan fingerprint density at radius 3 is 2.95 bits per heavy atom. The van der Waals surface area contributed by atoms with E-state index in [2.05, 4.69) is 15.7 Å². The molecular weight excluding hydrogens is 258 g/mol. The molecule has 108 valence electrons. The topological polar surface area (TPSA) is 80.4 Å². The molecule has 2 heterocycles. The number of carbonyl (C=O) groups excluding carboxylic acids is 1. The molecule has 20 heavy (non-hydrogen) atoms. The minimum Gasteiger partial charge on any atom is -0.354 e. The molecule has 2 N–H and O–H groups in total. The minimum atomic E-state index is -0.225. The molecule has 0 saturated heterocycles. The number of hydrogen-bond donors (Lipinski definition) is 2. The average molecular weight is 277 g/mol. The normalized spacial score (nSPS) is 12.5. The van der Waals surface area contributed by atoms with Gasteiger partial charge in [0.1, 0.15) is 0 Å². The number of amides is 1. The number of carbonyl (C=O) groups is 1. The molecule has 0 bridgehead atoms. The minimum absolute atomic E-state index is 0.0870. The average Bonchev–Trinajstić information content (AvgIpc) is 2.79. The predicted molar refractivity (Wildman–Crippen MR) is 75.6 cm³/mol. The summed E-state index contributed by atoms with van der Waals surface area (Å²) in [6.07, 6.45) is 1.90. The van der Waals surface area contributed by atoms with Crippen LogP contribution < -0.4 is 16.3 Å².